The van der Waals surface area contributed by atoms with Crippen LogP contribution in [0.4, 0.5) is 0 Å². The molecule has 2 aliphatic rings. The van der Waals surface area contributed by atoms with Crippen molar-refractivity contribution in [2.24, 2.45) is 0 Å². The van der Waals surface area contributed by atoms with Crippen molar-refractivity contribution in [3.8, 4) is 11.5 Å². The third-order valence-electron chi connectivity index (χ3n) is 4.69. The highest BCUT2D eigenvalue weighted by atomic mass is 16.7. The second-order valence-electron chi connectivity index (χ2n) is 6.21. The number of rotatable bonds is 2. The van der Waals surface area contributed by atoms with Gasteiger partial charge in [-0.3, -0.25) is 0 Å². The zero-order chi connectivity index (χ0) is 15.0. The van der Waals surface area contributed by atoms with E-state index in [9.17, 15) is 0 Å². The molecule has 0 bridgehead atoms. The van der Waals surface area contributed by atoms with E-state index in [0.717, 1.165) is 43.0 Å². The van der Waals surface area contributed by atoms with Crippen LogP contribution in [-0.4, -0.2) is 13.1 Å². The van der Waals surface area contributed by atoms with E-state index in [-0.39, 0.29) is 0 Å². The first-order chi connectivity index (χ1) is 10.8. The molecular formula is C19H21NO2. The quantitative estimate of drug-likeness (QED) is 0.914. The predicted molar refractivity (Wildman–Crippen MR) is 86.3 cm³/mol. The zero-order valence-electron chi connectivity index (χ0n) is 12.8. The first-order valence-corrected chi connectivity index (χ1v) is 8.03. The normalized spacial score (nSPS) is 24.4. The number of benzene rings is 2. The lowest BCUT2D eigenvalue weighted by Crippen LogP contribution is -2.31. The number of para-hydroxylation sites is 1. The van der Waals surface area contributed by atoms with Crippen molar-refractivity contribution in [1.29, 1.82) is 0 Å². The van der Waals surface area contributed by atoms with E-state index < -0.39 is 5.79 Å². The van der Waals surface area contributed by atoms with Crippen LogP contribution in [0.15, 0.2) is 48.5 Å². The summed E-state index contributed by atoms with van der Waals surface area (Å²) in [7, 11) is 0. The summed E-state index contributed by atoms with van der Waals surface area (Å²) in [5.74, 6) is 1.62. The summed E-state index contributed by atoms with van der Waals surface area (Å²) in [6.45, 7) is 4.14. The first kappa shape index (κ1) is 13.6. The van der Waals surface area contributed by atoms with Crippen molar-refractivity contribution < 1.29 is 9.47 Å². The molecule has 0 aliphatic carbocycles. The second-order valence-corrected chi connectivity index (χ2v) is 6.21. The predicted octanol–water partition coefficient (Wildman–Crippen LogP) is 3.80. The second kappa shape index (κ2) is 5.33. The third-order valence-corrected chi connectivity index (χ3v) is 4.69. The van der Waals surface area contributed by atoms with Gasteiger partial charge in [-0.1, -0.05) is 42.5 Å². The molecule has 114 valence electrons. The van der Waals surface area contributed by atoms with Gasteiger partial charge >= 0.3 is 0 Å². The molecule has 22 heavy (non-hydrogen) atoms. The third kappa shape index (κ3) is 2.26. The minimum atomic E-state index is -0.730. The highest BCUT2D eigenvalue weighted by molar-refractivity contribution is 5.52. The monoisotopic (exact) mass is 295 g/mol. The fourth-order valence-corrected chi connectivity index (χ4v) is 3.46. The van der Waals surface area contributed by atoms with Gasteiger partial charge in [0.1, 0.15) is 0 Å². The molecule has 0 spiro atoms. The molecule has 1 fully saturated rings. The Hall–Kier alpha value is -2.00. The molecule has 1 N–H and O–H groups in total. The lowest BCUT2D eigenvalue weighted by Gasteiger charge is -2.25. The minimum absolute atomic E-state index is 0.554. The van der Waals surface area contributed by atoms with Crippen molar-refractivity contribution >= 4 is 0 Å². The summed E-state index contributed by atoms with van der Waals surface area (Å²) in [6.07, 6.45) is 2.31. The van der Waals surface area contributed by atoms with Crippen LogP contribution in [0.25, 0.3) is 0 Å². The Morgan fingerprint density at radius 3 is 2.50 bits per heavy atom. The molecule has 2 aromatic carbocycles. The SMILES string of the molecule is CC1(c2ccccc2)Oc2cccc(C3CCNCC3)c2O1. The van der Waals surface area contributed by atoms with Crippen molar-refractivity contribution in [3.63, 3.8) is 0 Å². The standard InChI is InChI=1S/C19H21NO2/c1-19(15-6-3-2-4-7-15)21-17-9-5-8-16(18(17)22-19)14-10-12-20-13-11-14/h2-9,14,20H,10-13H2,1H3. The molecular weight excluding hydrogens is 274 g/mol. The van der Waals surface area contributed by atoms with Crippen LogP contribution >= 0.6 is 0 Å². The summed E-state index contributed by atoms with van der Waals surface area (Å²) in [5.41, 5.74) is 2.33. The van der Waals surface area contributed by atoms with E-state index in [4.69, 9.17) is 9.47 Å². The molecule has 0 aromatic heterocycles. The average molecular weight is 295 g/mol. The summed E-state index contributed by atoms with van der Waals surface area (Å²) in [4.78, 5) is 0. The van der Waals surface area contributed by atoms with Crippen molar-refractivity contribution in [3.05, 3.63) is 59.7 Å². The Balaban J connectivity index is 1.69. The molecule has 3 heteroatoms. The molecule has 1 unspecified atom stereocenters. The van der Waals surface area contributed by atoms with E-state index in [1.807, 2.05) is 31.2 Å². The first-order valence-electron chi connectivity index (χ1n) is 8.03. The summed E-state index contributed by atoms with van der Waals surface area (Å²) in [6, 6.07) is 16.4. The van der Waals surface area contributed by atoms with E-state index in [0.29, 0.717) is 5.92 Å². The van der Waals surface area contributed by atoms with Gasteiger partial charge in [0.05, 0.1) is 0 Å². The van der Waals surface area contributed by atoms with Crippen molar-refractivity contribution in [2.75, 3.05) is 13.1 Å². The largest absolute Gasteiger partial charge is 0.445 e. The number of hydrogen-bond acceptors (Lipinski definition) is 3. The van der Waals surface area contributed by atoms with Gasteiger partial charge in [-0.05, 0) is 37.9 Å². The van der Waals surface area contributed by atoms with Gasteiger partial charge in [0.2, 0.25) is 0 Å². The minimum Gasteiger partial charge on any atom is -0.445 e. The van der Waals surface area contributed by atoms with Gasteiger partial charge in [-0.15, -0.1) is 0 Å². The van der Waals surface area contributed by atoms with Crippen molar-refractivity contribution in [1.82, 2.24) is 5.32 Å². The molecule has 3 nitrogen and oxygen atoms in total. The number of piperidine rings is 1. The number of hydrogen-bond donors (Lipinski definition) is 1. The lowest BCUT2D eigenvalue weighted by molar-refractivity contribution is -0.0684. The molecule has 2 aliphatic heterocycles. The maximum absolute atomic E-state index is 6.32. The van der Waals surface area contributed by atoms with Crippen LogP contribution in [0.5, 0.6) is 11.5 Å². The van der Waals surface area contributed by atoms with Gasteiger partial charge < -0.3 is 14.8 Å². The highest BCUT2D eigenvalue weighted by Gasteiger charge is 2.40. The van der Waals surface area contributed by atoms with Gasteiger partial charge in [0.15, 0.2) is 11.5 Å². The fourth-order valence-electron chi connectivity index (χ4n) is 3.46. The van der Waals surface area contributed by atoms with E-state index in [1.54, 1.807) is 0 Å². The fraction of sp³-hybridized carbons (Fsp3) is 0.368. The molecule has 0 saturated carbocycles. The Bertz CT molecular complexity index is 664. The van der Waals surface area contributed by atoms with Gasteiger partial charge in [-0.25, -0.2) is 0 Å². The molecule has 0 radical (unpaired) electrons. The lowest BCUT2D eigenvalue weighted by atomic mass is 9.89. The van der Waals surface area contributed by atoms with E-state index >= 15 is 0 Å². The van der Waals surface area contributed by atoms with E-state index in [1.165, 1.54) is 5.56 Å². The van der Waals surface area contributed by atoms with Crippen LogP contribution in [0.1, 0.15) is 36.8 Å². The highest BCUT2D eigenvalue weighted by Crippen LogP contribution is 2.48. The van der Waals surface area contributed by atoms with Crippen LogP contribution in [0, 0.1) is 0 Å². The van der Waals surface area contributed by atoms with Crippen molar-refractivity contribution in [2.45, 2.75) is 31.5 Å². The average Bonchev–Trinajstić information content (AvgIpc) is 2.94. The molecule has 1 saturated heterocycles. The Kier molecular flexibility index (Phi) is 3.30. The van der Waals surface area contributed by atoms with Crippen LogP contribution in [0.3, 0.4) is 0 Å². The number of ether oxygens (including phenoxy) is 2. The zero-order valence-corrected chi connectivity index (χ0v) is 12.8. The van der Waals surface area contributed by atoms with E-state index in [2.05, 4.69) is 29.6 Å². The summed E-state index contributed by atoms with van der Waals surface area (Å²) < 4.78 is 12.5. The van der Waals surface area contributed by atoms with Crippen LogP contribution < -0.4 is 14.8 Å². The van der Waals surface area contributed by atoms with Crippen LogP contribution in [-0.2, 0) is 5.79 Å². The maximum Gasteiger partial charge on any atom is 0.275 e. The molecule has 0 amide bonds. The summed E-state index contributed by atoms with van der Waals surface area (Å²) in [5, 5.41) is 3.42. The maximum atomic E-state index is 6.32. The molecule has 4 rings (SSSR count). The van der Waals surface area contributed by atoms with Gasteiger partial charge in [0, 0.05) is 18.1 Å². The molecule has 2 heterocycles. The molecule has 1 atom stereocenters. The number of fused-ring (bicyclic) bond motifs is 1. The van der Waals surface area contributed by atoms with Crippen LogP contribution in [0.2, 0.25) is 0 Å². The Labute approximate surface area is 131 Å². The van der Waals surface area contributed by atoms with Gasteiger partial charge in [-0.2, -0.15) is 0 Å². The summed E-state index contributed by atoms with van der Waals surface area (Å²) >= 11 is 0. The topological polar surface area (TPSA) is 30.5 Å². The molecule has 2 aromatic rings. The Morgan fingerprint density at radius 2 is 1.73 bits per heavy atom. The van der Waals surface area contributed by atoms with Gasteiger partial charge in [0.25, 0.3) is 5.79 Å². The number of nitrogens with one attached hydrogen (secondary N) is 1. The smallest absolute Gasteiger partial charge is 0.275 e. The Morgan fingerprint density at radius 1 is 0.955 bits per heavy atom.